The number of aliphatic hydroxyl groups excluding tert-OH is 1. The van der Waals surface area contributed by atoms with Crippen molar-refractivity contribution in [3.05, 3.63) is 59.0 Å². The van der Waals surface area contributed by atoms with E-state index in [0.717, 1.165) is 0 Å². The summed E-state index contributed by atoms with van der Waals surface area (Å²) in [5.41, 5.74) is 0.582. The molecule has 0 radical (unpaired) electrons. The third kappa shape index (κ3) is 2.91. The van der Waals surface area contributed by atoms with E-state index >= 15 is 0 Å². The number of rotatable bonds is 4. The predicted octanol–water partition coefficient (Wildman–Crippen LogP) is 2.40. The van der Waals surface area contributed by atoms with Crippen molar-refractivity contribution in [2.45, 2.75) is 6.10 Å². The van der Waals surface area contributed by atoms with Gasteiger partial charge in [0.2, 0.25) is 0 Å². The molecule has 5 heteroatoms. The normalized spacial score (nSPS) is 12.1. The Morgan fingerprint density at radius 3 is 2.78 bits per heavy atom. The Bertz CT molecular complexity index is 525. The van der Waals surface area contributed by atoms with Gasteiger partial charge in [-0.25, -0.2) is 0 Å². The summed E-state index contributed by atoms with van der Waals surface area (Å²) in [6.45, 7) is 0.0727. The van der Waals surface area contributed by atoms with E-state index in [1.54, 1.807) is 36.4 Å². The predicted molar refractivity (Wildman–Crippen MR) is 67.5 cm³/mol. The van der Waals surface area contributed by atoms with Gasteiger partial charge >= 0.3 is 0 Å². The second-order valence-electron chi connectivity index (χ2n) is 3.72. The molecule has 1 heterocycles. The van der Waals surface area contributed by atoms with Gasteiger partial charge in [0, 0.05) is 17.1 Å². The maximum absolute atomic E-state index is 11.6. The molecule has 1 amide bonds. The molecule has 18 heavy (non-hydrogen) atoms. The summed E-state index contributed by atoms with van der Waals surface area (Å²) in [5.74, 6) is -0.160. The number of nitrogens with one attached hydrogen (secondary N) is 1. The number of furan rings is 1. The molecule has 2 N–H and O–H groups in total. The van der Waals surface area contributed by atoms with Crippen molar-refractivity contribution in [2.24, 2.45) is 0 Å². The Morgan fingerprint density at radius 1 is 1.33 bits per heavy atom. The van der Waals surface area contributed by atoms with E-state index in [9.17, 15) is 9.90 Å². The summed E-state index contributed by atoms with van der Waals surface area (Å²) in [6.07, 6.45) is 0.567. The first-order chi connectivity index (χ1) is 8.68. The fraction of sp³-hybridized carbons (Fsp3) is 0.154. The van der Waals surface area contributed by atoms with Gasteiger partial charge in [0.25, 0.3) is 5.91 Å². The van der Waals surface area contributed by atoms with Crippen molar-refractivity contribution in [3.63, 3.8) is 0 Å². The van der Waals surface area contributed by atoms with Gasteiger partial charge in [0.15, 0.2) is 5.76 Å². The zero-order chi connectivity index (χ0) is 13.0. The molecule has 1 atom stereocenters. The van der Waals surface area contributed by atoms with Crippen molar-refractivity contribution >= 4 is 17.5 Å². The number of halogens is 1. The van der Waals surface area contributed by atoms with Crippen molar-refractivity contribution in [1.82, 2.24) is 5.32 Å². The number of amides is 1. The van der Waals surface area contributed by atoms with E-state index < -0.39 is 6.10 Å². The van der Waals surface area contributed by atoms with Crippen LogP contribution >= 0.6 is 11.6 Å². The van der Waals surface area contributed by atoms with Crippen LogP contribution in [-0.2, 0) is 0 Å². The van der Waals surface area contributed by atoms with E-state index in [2.05, 4.69) is 5.32 Å². The van der Waals surface area contributed by atoms with Crippen LogP contribution in [0.1, 0.15) is 22.2 Å². The van der Waals surface area contributed by atoms with Gasteiger partial charge in [-0.15, -0.1) is 0 Å². The third-order valence-corrected chi connectivity index (χ3v) is 2.81. The molecule has 0 bridgehead atoms. The molecule has 0 aliphatic rings. The van der Waals surface area contributed by atoms with Gasteiger partial charge in [0.05, 0.1) is 12.4 Å². The zero-order valence-corrected chi connectivity index (χ0v) is 10.2. The fourth-order valence-electron chi connectivity index (χ4n) is 1.54. The standard InChI is InChI=1S/C13H12ClNO3/c14-10-5-2-1-4-9(10)11(16)8-15-13(17)12-6-3-7-18-12/h1-7,11,16H,8H2,(H,15,17). The molecule has 1 aromatic heterocycles. The second kappa shape index (κ2) is 5.71. The van der Waals surface area contributed by atoms with Crippen LogP contribution < -0.4 is 5.32 Å². The molecule has 0 aliphatic carbocycles. The van der Waals surface area contributed by atoms with Crippen molar-refractivity contribution in [1.29, 1.82) is 0 Å². The number of aliphatic hydroxyl groups is 1. The average molecular weight is 266 g/mol. The highest BCUT2D eigenvalue weighted by Gasteiger charge is 2.14. The summed E-state index contributed by atoms with van der Waals surface area (Å²) in [5, 5.41) is 13.0. The maximum atomic E-state index is 11.6. The van der Waals surface area contributed by atoms with E-state index in [0.29, 0.717) is 10.6 Å². The Labute approximate surface area is 109 Å². The number of carbonyl (C=O) groups excluding carboxylic acids is 1. The van der Waals surface area contributed by atoms with E-state index in [-0.39, 0.29) is 18.2 Å². The first-order valence-electron chi connectivity index (χ1n) is 5.42. The molecule has 2 aromatic rings. The maximum Gasteiger partial charge on any atom is 0.287 e. The largest absolute Gasteiger partial charge is 0.459 e. The quantitative estimate of drug-likeness (QED) is 0.892. The van der Waals surface area contributed by atoms with E-state index in [1.165, 1.54) is 6.26 Å². The second-order valence-corrected chi connectivity index (χ2v) is 4.13. The van der Waals surface area contributed by atoms with Crippen LogP contribution in [0, 0.1) is 0 Å². The van der Waals surface area contributed by atoms with Gasteiger partial charge in [-0.1, -0.05) is 29.8 Å². The average Bonchev–Trinajstić information content (AvgIpc) is 2.90. The van der Waals surface area contributed by atoms with Crippen LogP contribution in [0.4, 0.5) is 0 Å². The molecule has 0 aliphatic heterocycles. The van der Waals surface area contributed by atoms with Crippen LogP contribution in [0.5, 0.6) is 0 Å². The lowest BCUT2D eigenvalue weighted by Crippen LogP contribution is -2.28. The minimum atomic E-state index is -0.849. The van der Waals surface area contributed by atoms with Crippen molar-refractivity contribution < 1.29 is 14.3 Å². The minimum absolute atomic E-state index is 0.0727. The molecule has 0 spiro atoms. The molecule has 1 aromatic carbocycles. The van der Waals surface area contributed by atoms with Gasteiger partial charge < -0.3 is 14.8 Å². The lowest BCUT2D eigenvalue weighted by molar-refractivity contribution is 0.0889. The summed E-state index contributed by atoms with van der Waals surface area (Å²) in [7, 11) is 0. The van der Waals surface area contributed by atoms with Gasteiger partial charge in [-0.3, -0.25) is 4.79 Å². The Hall–Kier alpha value is -1.78. The highest BCUT2D eigenvalue weighted by atomic mass is 35.5. The molecule has 94 valence electrons. The topological polar surface area (TPSA) is 62.5 Å². The first kappa shape index (κ1) is 12.7. The number of hydrogen-bond donors (Lipinski definition) is 2. The SMILES string of the molecule is O=C(NCC(O)c1ccccc1Cl)c1ccco1. The van der Waals surface area contributed by atoms with Gasteiger partial charge in [-0.2, -0.15) is 0 Å². The van der Waals surface area contributed by atoms with E-state index in [1.807, 2.05) is 0 Å². The summed E-state index contributed by atoms with van der Waals surface area (Å²) >= 11 is 5.94. The Kier molecular flexibility index (Phi) is 4.02. The molecule has 0 fully saturated rings. The van der Waals surface area contributed by atoms with Gasteiger partial charge in [-0.05, 0) is 18.2 Å². The molecule has 2 rings (SSSR count). The minimum Gasteiger partial charge on any atom is -0.459 e. The summed E-state index contributed by atoms with van der Waals surface area (Å²) in [4.78, 5) is 11.6. The van der Waals surface area contributed by atoms with Crippen molar-refractivity contribution in [3.8, 4) is 0 Å². The van der Waals surface area contributed by atoms with Crippen LogP contribution in [0.25, 0.3) is 0 Å². The Morgan fingerprint density at radius 2 is 2.11 bits per heavy atom. The lowest BCUT2D eigenvalue weighted by Gasteiger charge is -2.12. The highest BCUT2D eigenvalue weighted by Crippen LogP contribution is 2.21. The van der Waals surface area contributed by atoms with Crippen LogP contribution in [0.15, 0.2) is 47.1 Å². The molecule has 4 nitrogen and oxygen atoms in total. The molecule has 1 unspecified atom stereocenters. The molecule has 0 saturated carbocycles. The molecule has 0 saturated heterocycles. The number of carbonyl (C=O) groups is 1. The van der Waals surface area contributed by atoms with Crippen LogP contribution in [0.2, 0.25) is 5.02 Å². The van der Waals surface area contributed by atoms with Crippen molar-refractivity contribution in [2.75, 3.05) is 6.54 Å². The molecular formula is C13H12ClNO3. The first-order valence-corrected chi connectivity index (χ1v) is 5.80. The summed E-state index contributed by atoms with van der Waals surface area (Å²) in [6, 6.07) is 10.1. The monoisotopic (exact) mass is 265 g/mol. The van der Waals surface area contributed by atoms with Crippen LogP contribution in [-0.4, -0.2) is 17.6 Å². The summed E-state index contributed by atoms with van der Waals surface area (Å²) < 4.78 is 4.94. The van der Waals surface area contributed by atoms with E-state index in [4.69, 9.17) is 16.0 Å². The fourth-order valence-corrected chi connectivity index (χ4v) is 1.80. The lowest BCUT2D eigenvalue weighted by atomic mass is 10.1. The highest BCUT2D eigenvalue weighted by molar-refractivity contribution is 6.31. The van der Waals surface area contributed by atoms with Gasteiger partial charge in [0.1, 0.15) is 0 Å². The third-order valence-electron chi connectivity index (χ3n) is 2.47. The Balaban J connectivity index is 1.95. The number of benzene rings is 1. The van der Waals surface area contributed by atoms with Crippen LogP contribution in [0.3, 0.4) is 0 Å². The smallest absolute Gasteiger partial charge is 0.287 e. The zero-order valence-electron chi connectivity index (χ0n) is 9.47. The molecular weight excluding hydrogens is 254 g/mol. The number of hydrogen-bond acceptors (Lipinski definition) is 3.